The summed E-state index contributed by atoms with van der Waals surface area (Å²) < 4.78 is 16.3. The molecule has 2 rings (SSSR count). The Balaban J connectivity index is 0.000000597. The minimum absolute atomic E-state index is 0.157. The molecule has 0 heterocycles. The van der Waals surface area contributed by atoms with E-state index in [2.05, 4.69) is 58.4 Å². The van der Waals surface area contributed by atoms with Crippen LogP contribution in [-0.2, 0) is 9.47 Å². The molecule has 8 nitrogen and oxygen atoms in total. The first-order valence-corrected chi connectivity index (χ1v) is 13.8. The van der Waals surface area contributed by atoms with Gasteiger partial charge in [-0.1, -0.05) is 31.9 Å². The summed E-state index contributed by atoms with van der Waals surface area (Å²) in [6.45, 7) is 10.8. The van der Waals surface area contributed by atoms with E-state index in [4.69, 9.17) is 19.3 Å². The van der Waals surface area contributed by atoms with Gasteiger partial charge in [0.15, 0.2) is 0 Å². The molecule has 0 bridgehead atoms. The van der Waals surface area contributed by atoms with Crippen molar-refractivity contribution in [1.82, 2.24) is 0 Å². The number of hydrogen-bond donors (Lipinski definition) is 3. The molecule has 0 aliphatic carbocycles. The van der Waals surface area contributed by atoms with Crippen molar-refractivity contribution < 1.29 is 28.9 Å². The fourth-order valence-electron chi connectivity index (χ4n) is 2.09. The van der Waals surface area contributed by atoms with Crippen LogP contribution in [0, 0.1) is 0 Å². The number of phenolic OH excluding ortho intramolecular Hbond substituents is 1. The molecule has 0 aromatic heterocycles. The van der Waals surface area contributed by atoms with Gasteiger partial charge in [-0.2, -0.15) is 0 Å². The number of carbonyl (C=O) groups is 2. The summed E-state index contributed by atoms with van der Waals surface area (Å²) in [6, 6.07) is 13.2. The molecule has 0 unspecified atom stereocenters. The van der Waals surface area contributed by atoms with E-state index in [9.17, 15) is 9.59 Å². The molecule has 0 spiro atoms. The van der Waals surface area contributed by atoms with Gasteiger partial charge in [0.1, 0.15) is 28.2 Å². The molecule has 0 saturated heterocycles. The van der Waals surface area contributed by atoms with Crippen LogP contribution in [0.4, 0.5) is 21.0 Å². The maximum atomic E-state index is 11.5. The number of ether oxygens (including phenoxy) is 3. The Kier molecular flexibility index (Phi) is 15.7. The number of carbonyl (C=O) groups excluding carboxylic acids is 2. The Morgan fingerprint density at radius 1 is 0.743 bits per heavy atom. The van der Waals surface area contributed by atoms with Crippen LogP contribution in [0.5, 0.6) is 11.5 Å². The summed E-state index contributed by atoms with van der Waals surface area (Å²) in [5.41, 5.74) is 0.680. The van der Waals surface area contributed by atoms with E-state index in [1.54, 1.807) is 57.2 Å². The number of phenols is 1. The van der Waals surface area contributed by atoms with Gasteiger partial charge >= 0.3 is 12.2 Å². The molecule has 2 amide bonds. The van der Waals surface area contributed by atoms with Crippen molar-refractivity contribution in [1.29, 1.82) is 0 Å². The number of benzene rings is 2. The van der Waals surface area contributed by atoms with E-state index in [0.29, 0.717) is 16.9 Å². The van der Waals surface area contributed by atoms with Gasteiger partial charge in [0.25, 0.3) is 0 Å². The molecule has 11 heteroatoms. The molecule has 2 aromatic carbocycles. The smallest absolute Gasteiger partial charge is 0.412 e. The largest absolute Gasteiger partial charge is 0.508 e. The van der Waals surface area contributed by atoms with Gasteiger partial charge < -0.3 is 19.3 Å². The summed E-state index contributed by atoms with van der Waals surface area (Å²) in [5, 5.41) is 14.2. The second kappa shape index (κ2) is 16.6. The molecule has 35 heavy (non-hydrogen) atoms. The molecule has 3 N–H and O–H groups in total. The molecular weight excluding hydrogens is 652 g/mol. The highest BCUT2D eigenvalue weighted by atomic mass is 79.9. The number of alkyl halides is 3. The van der Waals surface area contributed by atoms with Crippen LogP contribution < -0.4 is 15.4 Å². The summed E-state index contributed by atoms with van der Waals surface area (Å²) in [5.74, 6) is 0.890. The summed E-state index contributed by atoms with van der Waals surface area (Å²) in [4.78, 5) is 22.8. The zero-order chi connectivity index (χ0) is 27.1. The highest BCUT2D eigenvalue weighted by molar-refractivity contribution is 9.24. The third kappa shape index (κ3) is 19.0. The maximum Gasteiger partial charge on any atom is 0.412 e. The standard InChI is InChI=1S/C12H16BrNO3.C11H15NO3.CH2Br2/c1-12(2,3)17-11(15)14-9-4-6-10(7-5-9)16-8-13;1-11(2,3)15-10(14)12-8-4-6-9(13)7-5-8;2-1-3/h4-7H,8H2,1-3H3,(H,14,15);4-7,13H,1-3H3,(H,12,14);1H2. The first-order chi connectivity index (χ1) is 16.2. The van der Waals surface area contributed by atoms with Crippen LogP contribution in [-0.4, -0.2) is 38.3 Å². The number of nitrogens with one attached hydrogen (secondary N) is 2. The van der Waals surface area contributed by atoms with E-state index >= 15 is 0 Å². The lowest BCUT2D eigenvalue weighted by molar-refractivity contribution is 0.0624. The molecule has 0 atom stereocenters. The molecule has 0 fully saturated rings. The van der Waals surface area contributed by atoms with Crippen LogP contribution >= 0.6 is 47.8 Å². The number of anilines is 2. The Bertz CT molecular complexity index is 880. The summed E-state index contributed by atoms with van der Waals surface area (Å²) in [7, 11) is 0. The minimum Gasteiger partial charge on any atom is -0.508 e. The van der Waals surface area contributed by atoms with Gasteiger partial charge in [0.2, 0.25) is 0 Å². The minimum atomic E-state index is -0.513. The van der Waals surface area contributed by atoms with E-state index in [0.717, 1.165) is 9.99 Å². The lowest BCUT2D eigenvalue weighted by Crippen LogP contribution is -2.27. The van der Waals surface area contributed by atoms with Crippen molar-refractivity contribution in [2.45, 2.75) is 52.7 Å². The molecule has 0 saturated carbocycles. The third-order valence-corrected chi connectivity index (χ3v) is 3.46. The van der Waals surface area contributed by atoms with E-state index in [1.165, 1.54) is 12.1 Å². The molecule has 196 valence electrons. The lowest BCUT2D eigenvalue weighted by atomic mass is 10.2. The Morgan fingerprint density at radius 2 is 1.09 bits per heavy atom. The van der Waals surface area contributed by atoms with Crippen LogP contribution in [0.3, 0.4) is 0 Å². The van der Waals surface area contributed by atoms with Crippen molar-refractivity contribution in [3.05, 3.63) is 48.5 Å². The second-order valence-corrected chi connectivity index (χ2v) is 11.8. The lowest BCUT2D eigenvalue weighted by Gasteiger charge is -2.19. The molecule has 0 aliphatic heterocycles. The van der Waals surface area contributed by atoms with Crippen LogP contribution in [0.1, 0.15) is 41.5 Å². The number of amides is 2. The van der Waals surface area contributed by atoms with Gasteiger partial charge in [-0.15, -0.1) is 0 Å². The fraction of sp³-hybridized carbons (Fsp3) is 0.417. The number of halogens is 3. The van der Waals surface area contributed by atoms with Crippen LogP contribution in [0.2, 0.25) is 0 Å². The Hall–Kier alpha value is -1.98. The van der Waals surface area contributed by atoms with Crippen molar-refractivity contribution >= 4 is 71.4 Å². The SMILES string of the molecule is BrCBr.CC(C)(C)OC(=O)Nc1ccc(O)cc1.CC(C)(C)OC(=O)Nc1ccc(OCBr)cc1. The van der Waals surface area contributed by atoms with Gasteiger partial charge in [-0.3, -0.25) is 10.6 Å². The Morgan fingerprint density at radius 3 is 1.40 bits per heavy atom. The van der Waals surface area contributed by atoms with Gasteiger partial charge in [0, 0.05) is 11.4 Å². The highest BCUT2D eigenvalue weighted by Gasteiger charge is 2.16. The van der Waals surface area contributed by atoms with Crippen LogP contribution in [0.15, 0.2) is 48.5 Å². The van der Waals surface area contributed by atoms with Gasteiger partial charge in [-0.05, 0) is 106 Å². The summed E-state index contributed by atoms with van der Waals surface area (Å²) in [6.07, 6.45) is -0.972. The van der Waals surface area contributed by atoms with Crippen molar-refractivity contribution in [3.63, 3.8) is 0 Å². The van der Waals surface area contributed by atoms with Crippen molar-refractivity contribution in [2.75, 3.05) is 20.4 Å². The number of rotatable bonds is 4. The quantitative estimate of drug-likeness (QED) is 0.221. The van der Waals surface area contributed by atoms with Crippen LogP contribution in [0.25, 0.3) is 0 Å². The van der Waals surface area contributed by atoms with Gasteiger partial charge in [-0.25, -0.2) is 9.59 Å². The monoisotopic (exact) mass is 682 g/mol. The molecule has 0 radical (unpaired) electrons. The average Bonchev–Trinajstić information content (AvgIpc) is 2.70. The zero-order valence-electron chi connectivity index (χ0n) is 20.7. The second-order valence-electron chi connectivity index (χ2n) is 8.68. The zero-order valence-corrected chi connectivity index (χ0v) is 25.4. The summed E-state index contributed by atoms with van der Waals surface area (Å²) >= 11 is 9.29. The predicted octanol–water partition coefficient (Wildman–Crippen LogP) is 8.24. The third-order valence-electron chi connectivity index (χ3n) is 3.23. The maximum absolute atomic E-state index is 11.5. The first-order valence-electron chi connectivity index (χ1n) is 10.4. The van der Waals surface area contributed by atoms with E-state index in [-0.39, 0.29) is 5.75 Å². The van der Waals surface area contributed by atoms with E-state index in [1.807, 2.05) is 20.8 Å². The normalized spacial score (nSPS) is 10.4. The first kappa shape index (κ1) is 33.0. The fourth-order valence-corrected chi connectivity index (χ4v) is 2.35. The molecule has 2 aromatic rings. The predicted molar refractivity (Wildman–Crippen MR) is 151 cm³/mol. The van der Waals surface area contributed by atoms with Gasteiger partial charge in [0.05, 0.1) is 4.24 Å². The average molecular weight is 685 g/mol. The topological polar surface area (TPSA) is 106 Å². The molecule has 0 aliphatic rings. The number of aromatic hydroxyl groups is 1. The molecular formula is C24H33Br3N2O6. The highest BCUT2D eigenvalue weighted by Crippen LogP contribution is 2.18. The number of hydrogen-bond acceptors (Lipinski definition) is 6. The van der Waals surface area contributed by atoms with Crippen molar-refractivity contribution in [2.24, 2.45) is 0 Å². The Labute approximate surface area is 232 Å². The van der Waals surface area contributed by atoms with Crippen molar-refractivity contribution in [3.8, 4) is 11.5 Å². The van der Waals surface area contributed by atoms with E-state index < -0.39 is 23.4 Å².